The molecule has 0 aliphatic rings. The maximum absolute atomic E-state index is 6.00. The number of hydrogen-bond donors (Lipinski definition) is 1. The summed E-state index contributed by atoms with van der Waals surface area (Å²) >= 11 is 6.00. The Labute approximate surface area is 117 Å². The summed E-state index contributed by atoms with van der Waals surface area (Å²) in [6, 6.07) is 8.03. The Hall–Kier alpha value is -1.43. The normalized spacial score (nSPS) is 12.9. The zero-order valence-corrected chi connectivity index (χ0v) is 11.8. The maximum atomic E-state index is 6.00. The fourth-order valence-corrected chi connectivity index (χ4v) is 2.02. The van der Waals surface area contributed by atoms with Crippen LogP contribution in [0.25, 0.3) is 0 Å². The van der Waals surface area contributed by atoms with Gasteiger partial charge >= 0.3 is 0 Å². The molecule has 0 aliphatic heterocycles. The molecule has 5 nitrogen and oxygen atoms in total. The number of aromatic nitrogens is 2. The van der Waals surface area contributed by atoms with Gasteiger partial charge in [-0.2, -0.15) is 4.98 Å². The molecule has 0 saturated heterocycles. The number of nitrogens with two attached hydrogens (primary N) is 1. The van der Waals surface area contributed by atoms with E-state index in [-0.39, 0.29) is 12.6 Å². The van der Waals surface area contributed by atoms with Crippen molar-refractivity contribution in [1.29, 1.82) is 0 Å². The molecule has 2 N–H and O–H groups in total. The van der Waals surface area contributed by atoms with Gasteiger partial charge in [0.2, 0.25) is 5.89 Å². The minimum atomic E-state index is 0.207. The van der Waals surface area contributed by atoms with Crippen molar-refractivity contribution in [2.24, 2.45) is 5.73 Å². The fourth-order valence-electron chi connectivity index (χ4n) is 1.82. The van der Waals surface area contributed by atoms with Crippen molar-refractivity contribution in [2.45, 2.75) is 26.1 Å². The molecule has 0 fully saturated rings. The lowest BCUT2D eigenvalue weighted by Gasteiger charge is -2.23. The van der Waals surface area contributed by atoms with Gasteiger partial charge < -0.3 is 10.3 Å². The summed E-state index contributed by atoms with van der Waals surface area (Å²) < 4.78 is 4.99. The molecule has 1 aromatic heterocycles. The van der Waals surface area contributed by atoms with Crippen LogP contribution in [-0.2, 0) is 13.1 Å². The van der Waals surface area contributed by atoms with E-state index >= 15 is 0 Å². The second-order valence-corrected chi connectivity index (χ2v) is 4.89. The smallest absolute Gasteiger partial charge is 0.240 e. The summed E-state index contributed by atoms with van der Waals surface area (Å²) in [5.74, 6) is 1.09. The average molecular weight is 281 g/mol. The summed E-state index contributed by atoms with van der Waals surface area (Å²) in [5, 5.41) is 4.63. The highest BCUT2D eigenvalue weighted by Gasteiger charge is 2.15. The lowest BCUT2D eigenvalue weighted by Crippen LogP contribution is -2.22. The summed E-state index contributed by atoms with van der Waals surface area (Å²) in [7, 11) is 2.00. The van der Waals surface area contributed by atoms with Crippen LogP contribution in [0.4, 0.5) is 0 Å². The molecule has 0 radical (unpaired) electrons. The molecule has 0 amide bonds. The molecule has 0 saturated carbocycles. The minimum absolute atomic E-state index is 0.207. The first-order valence-corrected chi connectivity index (χ1v) is 6.45. The average Bonchev–Trinajstić information content (AvgIpc) is 2.85. The van der Waals surface area contributed by atoms with Gasteiger partial charge in [-0.15, -0.1) is 0 Å². The van der Waals surface area contributed by atoms with Gasteiger partial charge in [-0.3, -0.25) is 4.90 Å². The highest BCUT2D eigenvalue weighted by atomic mass is 35.5. The van der Waals surface area contributed by atoms with Crippen LogP contribution in [0.15, 0.2) is 28.8 Å². The number of hydrogen-bond acceptors (Lipinski definition) is 5. The first kappa shape index (κ1) is 14.0. The van der Waals surface area contributed by atoms with E-state index in [0.717, 1.165) is 10.6 Å². The number of rotatable bonds is 5. The van der Waals surface area contributed by atoms with E-state index in [1.54, 1.807) is 0 Å². The lowest BCUT2D eigenvalue weighted by molar-refractivity contribution is 0.242. The quantitative estimate of drug-likeness (QED) is 0.911. The van der Waals surface area contributed by atoms with Crippen LogP contribution in [0, 0.1) is 0 Å². The van der Waals surface area contributed by atoms with Gasteiger partial charge in [-0.1, -0.05) is 28.9 Å². The first-order chi connectivity index (χ1) is 9.10. The Kier molecular flexibility index (Phi) is 4.52. The van der Waals surface area contributed by atoms with Crippen LogP contribution >= 0.6 is 11.6 Å². The molecule has 2 rings (SSSR count). The Balaban J connectivity index is 2.04. The largest absolute Gasteiger partial charge is 0.338 e. The molecule has 1 unspecified atom stereocenters. The monoisotopic (exact) mass is 280 g/mol. The summed E-state index contributed by atoms with van der Waals surface area (Å²) in [6.45, 7) is 2.97. The molecule has 0 bridgehead atoms. The van der Waals surface area contributed by atoms with Crippen LogP contribution < -0.4 is 5.73 Å². The molecule has 0 aliphatic carbocycles. The van der Waals surface area contributed by atoms with Crippen LogP contribution in [-0.4, -0.2) is 22.1 Å². The molecule has 1 heterocycles. The van der Waals surface area contributed by atoms with Crippen LogP contribution in [0.2, 0.25) is 5.02 Å². The molecule has 19 heavy (non-hydrogen) atoms. The van der Waals surface area contributed by atoms with E-state index in [9.17, 15) is 0 Å². The van der Waals surface area contributed by atoms with Crippen LogP contribution in [0.3, 0.4) is 0 Å². The minimum Gasteiger partial charge on any atom is -0.338 e. The zero-order valence-electron chi connectivity index (χ0n) is 11.0. The van der Waals surface area contributed by atoms with E-state index in [4.69, 9.17) is 21.9 Å². The van der Waals surface area contributed by atoms with Gasteiger partial charge in [-0.05, 0) is 31.7 Å². The van der Waals surface area contributed by atoms with Gasteiger partial charge in [0.25, 0.3) is 0 Å². The predicted molar refractivity (Wildman–Crippen MR) is 73.5 cm³/mol. The topological polar surface area (TPSA) is 68.2 Å². The maximum Gasteiger partial charge on any atom is 0.240 e. The van der Waals surface area contributed by atoms with Crippen molar-refractivity contribution in [3.8, 4) is 0 Å². The molecule has 0 spiro atoms. The number of halogens is 1. The Morgan fingerprint density at radius 2 is 2.26 bits per heavy atom. The molecular formula is C13H17ClN4O. The van der Waals surface area contributed by atoms with E-state index in [1.807, 2.05) is 25.2 Å². The van der Waals surface area contributed by atoms with Gasteiger partial charge in [0, 0.05) is 11.1 Å². The predicted octanol–water partition coefficient (Wildman–Crippen LogP) is 2.37. The van der Waals surface area contributed by atoms with E-state index < -0.39 is 0 Å². The van der Waals surface area contributed by atoms with Crippen LogP contribution in [0.5, 0.6) is 0 Å². The Bertz CT molecular complexity index is 543. The summed E-state index contributed by atoms with van der Waals surface area (Å²) in [4.78, 5) is 6.31. The molecule has 1 atom stereocenters. The number of benzene rings is 1. The van der Waals surface area contributed by atoms with E-state index in [1.165, 1.54) is 0 Å². The van der Waals surface area contributed by atoms with Gasteiger partial charge in [0.05, 0.1) is 13.1 Å². The van der Waals surface area contributed by atoms with Crippen molar-refractivity contribution >= 4 is 11.6 Å². The van der Waals surface area contributed by atoms with Gasteiger partial charge in [0.1, 0.15) is 0 Å². The fraction of sp³-hybridized carbons (Fsp3) is 0.385. The lowest BCUT2D eigenvalue weighted by atomic mass is 10.1. The van der Waals surface area contributed by atoms with E-state index in [2.05, 4.69) is 28.0 Å². The van der Waals surface area contributed by atoms with Crippen molar-refractivity contribution in [2.75, 3.05) is 7.05 Å². The van der Waals surface area contributed by atoms with Crippen molar-refractivity contribution < 1.29 is 4.52 Å². The van der Waals surface area contributed by atoms with Crippen molar-refractivity contribution in [3.05, 3.63) is 46.6 Å². The Morgan fingerprint density at radius 1 is 1.47 bits per heavy atom. The summed E-state index contributed by atoms with van der Waals surface area (Å²) in [5.41, 5.74) is 6.59. The third-order valence-corrected chi connectivity index (χ3v) is 3.30. The van der Waals surface area contributed by atoms with Crippen molar-refractivity contribution in [3.63, 3.8) is 0 Å². The molecular weight excluding hydrogens is 264 g/mol. The van der Waals surface area contributed by atoms with Crippen molar-refractivity contribution in [1.82, 2.24) is 15.0 Å². The first-order valence-electron chi connectivity index (χ1n) is 6.07. The van der Waals surface area contributed by atoms with Crippen LogP contribution in [0.1, 0.15) is 30.2 Å². The SMILES string of the molecule is CC(c1cccc(Cl)c1)N(C)Cc1noc(CN)n1. The zero-order chi connectivity index (χ0) is 13.8. The van der Waals surface area contributed by atoms with Gasteiger partial charge in [-0.25, -0.2) is 0 Å². The third kappa shape index (κ3) is 3.53. The second kappa shape index (κ2) is 6.14. The molecule has 1 aromatic carbocycles. The third-order valence-electron chi connectivity index (χ3n) is 3.07. The molecule has 102 valence electrons. The highest BCUT2D eigenvalue weighted by molar-refractivity contribution is 6.30. The molecule has 2 aromatic rings. The second-order valence-electron chi connectivity index (χ2n) is 4.45. The standard InChI is InChI=1S/C13H17ClN4O/c1-9(10-4-3-5-11(14)6-10)18(2)8-12-16-13(7-15)19-17-12/h3-6,9H,7-8,15H2,1-2H3. The highest BCUT2D eigenvalue weighted by Crippen LogP contribution is 2.22. The Morgan fingerprint density at radius 3 is 2.89 bits per heavy atom. The summed E-state index contributed by atoms with van der Waals surface area (Å²) in [6.07, 6.45) is 0. The molecule has 6 heteroatoms. The number of nitrogens with zero attached hydrogens (tertiary/aromatic N) is 3. The van der Waals surface area contributed by atoms with E-state index in [0.29, 0.717) is 18.3 Å². The van der Waals surface area contributed by atoms with Gasteiger partial charge in [0.15, 0.2) is 5.82 Å².